The summed E-state index contributed by atoms with van der Waals surface area (Å²) in [6.45, 7) is 7.18. The van der Waals surface area contributed by atoms with Crippen molar-refractivity contribution in [2.24, 2.45) is 4.99 Å². The summed E-state index contributed by atoms with van der Waals surface area (Å²) in [7, 11) is 3.44. The summed E-state index contributed by atoms with van der Waals surface area (Å²) in [4.78, 5) is 4.43. The van der Waals surface area contributed by atoms with E-state index in [1.807, 2.05) is 6.92 Å². The van der Waals surface area contributed by atoms with Crippen LogP contribution in [-0.2, 0) is 9.47 Å². The van der Waals surface area contributed by atoms with E-state index in [1.54, 1.807) is 14.2 Å². The van der Waals surface area contributed by atoms with E-state index in [0.717, 1.165) is 13.0 Å². The molecule has 0 aliphatic rings. The van der Waals surface area contributed by atoms with Crippen LogP contribution in [0, 0.1) is 0 Å². The number of ether oxygens (including phenoxy) is 2. The van der Waals surface area contributed by atoms with Gasteiger partial charge >= 0.3 is 0 Å². The molecule has 22 heavy (non-hydrogen) atoms. The Balaban J connectivity index is 3.22. The average molecular weight is 314 g/mol. The van der Waals surface area contributed by atoms with Gasteiger partial charge in [-0.2, -0.15) is 0 Å². The molecule has 0 saturated carbocycles. The lowest BCUT2D eigenvalue weighted by atomic mass is 10.0. The molecule has 0 atom stereocenters. The minimum absolute atomic E-state index is 0.389. The first-order chi connectivity index (χ1) is 10.5. The van der Waals surface area contributed by atoms with Crippen molar-refractivity contribution in [1.29, 1.82) is 0 Å². The molecule has 0 aliphatic carbocycles. The first-order valence-corrected chi connectivity index (χ1v) is 9.12. The number of nitrogens with zero attached hydrogens (tertiary/aromatic N) is 1. The molecule has 0 fully saturated rings. The Labute approximate surface area is 138 Å². The van der Waals surface area contributed by atoms with Gasteiger partial charge in [-0.25, -0.2) is 0 Å². The highest BCUT2D eigenvalue weighted by Crippen LogP contribution is 2.20. The average Bonchev–Trinajstić information content (AvgIpc) is 2.51. The van der Waals surface area contributed by atoms with Crippen molar-refractivity contribution in [3.63, 3.8) is 0 Å². The van der Waals surface area contributed by atoms with E-state index in [4.69, 9.17) is 9.47 Å². The lowest BCUT2D eigenvalue weighted by Gasteiger charge is -2.26. The maximum absolute atomic E-state index is 5.37. The third-order valence-electron chi connectivity index (χ3n) is 4.33. The first-order valence-electron chi connectivity index (χ1n) is 9.12. The second-order valence-corrected chi connectivity index (χ2v) is 6.66. The molecule has 0 heterocycles. The second kappa shape index (κ2) is 14.2. The molecule has 0 N–H and O–H groups in total. The number of rotatable bonds is 15. The summed E-state index contributed by atoms with van der Waals surface area (Å²) >= 11 is 0. The van der Waals surface area contributed by atoms with Crippen LogP contribution in [0.1, 0.15) is 91.4 Å². The van der Waals surface area contributed by atoms with Gasteiger partial charge in [0.1, 0.15) is 0 Å². The molecule has 0 aromatic heterocycles. The van der Waals surface area contributed by atoms with Crippen LogP contribution in [-0.4, -0.2) is 32.3 Å². The van der Waals surface area contributed by atoms with Crippen LogP contribution in [0.3, 0.4) is 0 Å². The van der Waals surface area contributed by atoms with Gasteiger partial charge in [-0.3, -0.25) is 4.99 Å². The van der Waals surface area contributed by atoms with E-state index in [9.17, 15) is 0 Å². The zero-order valence-electron chi connectivity index (χ0n) is 15.7. The van der Waals surface area contributed by atoms with Gasteiger partial charge in [0.25, 0.3) is 0 Å². The van der Waals surface area contributed by atoms with Gasteiger partial charge in [0.15, 0.2) is 5.79 Å². The molecular weight excluding hydrogens is 274 g/mol. The zero-order valence-corrected chi connectivity index (χ0v) is 15.7. The van der Waals surface area contributed by atoms with E-state index < -0.39 is 0 Å². The lowest BCUT2D eigenvalue weighted by molar-refractivity contribution is -0.197. The highest BCUT2D eigenvalue weighted by molar-refractivity contribution is 5.78. The van der Waals surface area contributed by atoms with Crippen LogP contribution in [0.15, 0.2) is 4.99 Å². The molecule has 0 aromatic rings. The fourth-order valence-corrected chi connectivity index (χ4v) is 2.56. The highest BCUT2D eigenvalue weighted by Gasteiger charge is 2.21. The third kappa shape index (κ3) is 13.3. The van der Waals surface area contributed by atoms with Crippen LogP contribution in [0.25, 0.3) is 0 Å². The maximum Gasteiger partial charge on any atom is 0.164 e. The Bertz CT molecular complexity index is 269. The molecule has 3 nitrogen and oxygen atoms in total. The summed E-state index contributed by atoms with van der Waals surface area (Å²) in [5, 5.41) is 0. The van der Waals surface area contributed by atoms with E-state index in [-0.39, 0.29) is 5.79 Å². The van der Waals surface area contributed by atoms with E-state index in [0.29, 0.717) is 0 Å². The Hall–Kier alpha value is -0.410. The fraction of sp³-hybridized carbons (Fsp3) is 0.947. The van der Waals surface area contributed by atoms with Crippen molar-refractivity contribution in [2.45, 2.75) is 97.2 Å². The molecule has 0 aliphatic heterocycles. The van der Waals surface area contributed by atoms with Crippen LogP contribution < -0.4 is 0 Å². The highest BCUT2D eigenvalue weighted by atomic mass is 16.7. The largest absolute Gasteiger partial charge is 0.353 e. The topological polar surface area (TPSA) is 30.8 Å². The van der Waals surface area contributed by atoms with E-state index in [1.165, 1.54) is 69.9 Å². The van der Waals surface area contributed by atoms with Crippen LogP contribution in [0.5, 0.6) is 0 Å². The smallest absolute Gasteiger partial charge is 0.164 e. The Kier molecular flexibility index (Phi) is 13.9. The Morgan fingerprint density at radius 2 is 1.14 bits per heavy atom. The number of methoxy groups -OCH3 is 2. The molecule has 0 rings (SSSR count). The molecule has 0 saturated heterocycles. The third-order valence-corrected chi connectivity index (χ3v) is 4.33. The summed E-state index contributed by atoms with van der Waals surface area (Å²) in [5.41, 5.74) is 1.20. The fourth-order valence-electron chi connectivity index (χ4n) is 2.56. The van der Waals surface area contributed by atoms with Gasteiger partial charge in [0.05, 0.1) is 0 Å². The number of hydrogen-bond acceptors (Lipinski definition) is 3. The van der Waals surface area contributed by atoms with E-state index in [2.05, 4.69) is 18.8 Å². The molecule has 0 spiro atoms. The molecular formula is C19H39NO2. The minimum atomic E-state index is -0.389. The Morgan fingerprint density at radius 3 is 1.55 bits per heavy atom. The van der Waals surface area contributed by atoms with Crippen molar-refractivity contribution in [1.82, 2.24) is 0 Å². The second-order valence-electron chi connectivity index (χ2n) is 6.66. The van der Waals surface area contributed by atoms with E-state index >= 15 is 0 Å². The van der Waals surface area contributed by atoms with Gasteiger partial charge in [0.2, 0.25) is 0 Å². The zero-order chi connectivity index (χ0) is 16.7. The SMILES string of the molecule is COC(C)(CCCCCCCCCCCCN=C(C)C)OC. The first kappa shape index (κ1) is 21.6. The van der Waals surface area contributed by atoms with Gasteiger partial charge < -0.3 is 9.47 Å². The van der Waals surface area contributed by atoms with Crippen LogP contribution in [0.4, 0.5) is 0 Å². The summed E-state index contributed by atoms with van der Waals surface area (Å²) in [6, 6.07) is 0. The number of aliphatic imine (C=N–C) groups is 1. The predicted molar refractivity (Wildman–Crippen MR) is 96.9 cm³/mol. The predicted octanol–water partition coefficient (Wildman–Crippen LogP) is 5.77. The quantitative estimate of drug-likeness (QED) is 0.218. The van der Waals surface area contributed by atoms with Crippen molar-refractivity contribution in [2.75, 3.05) is 20.8 Å². The molecule has 0 amide bonds. The summed E-state index contributed by atoms with van der Waals surface area (Å²) in [6.07, 6.45) is 14.3. The summed E-state index contributed by atoms with van der Waals surface area (Å²) in [5.74, 6) is -0.389. The number of hydrogen-bond donors (Lipinski definition) is 0. The molecule has 3 heteroatoms. The molecule has 0 aromatic carbocycles. The van der Waals surface area contributed by atoms with Gasteiger partial charge in [-0.05, 0) is 33.6 Å². The van der Waals surface area contributed by atoms with Gasteiger partial charge in [-0.15, -0.1) is 0 Å². The maximum atomic E-state index is 5.37. The normalized spacial score (nSPS) is 11.7. The number of unbranched alkanes of at least 4 members (excludes halogenated alkanes) is 9. The molecule has 0 radical (unpaired) electrons. The van der Waals surface area contributed by atoms with Crippen molar-refractivity contribution < 1.29 is 9.47 Å². The lowest BCUT2D eigenvalue weighted by Crippen LogP contribution is -2.29. The minimum Gasteiger partial charge on any atom is -0.353 e. The standard InChI is InChI=1S/C19H39NO2/c1-18(2)20-17-15-13-11-9-7-6-8-10-12-14-16-19(3,21-4)22-5/h6-17H2,1-5H3. The van der Waals surface area contributed by atoms with Gasteiger partial charge in [-0.1, -0.05) is 51.4 Å². The van der Waals surface area contributed by atoms with Gasteiger partial charge in [0, 0.05) is 32.9 Å². The summed E-state index contributed by atoms with van der Waals surface area (Å²) < 4.78 is 10.7. The molecule has 132 valence electrons. The monoisotopic (exact) mass is 313 g/mol. The van der Waals surface area contributed by atoms with Crippen LogP contribution >= 0.6 is 0 Å². The Morgan fingerprint density at radius 1 is 0.727 bits per heavy atom. The van der Waals surface area contributed by atoms with Crippen molar-refractivity contribution in [3.8, 4) is 0 Å². The van der Waals surface area contributed by atoms with Crippen LogP contribution in [0.2, 0.25) is 0 Å². The van der Waals surface area contributed by atoms with Crippen molar-refractivity contribution >= 4 is 5.71 Å². The van der Waals surface area contributed by atoms with Crippen molar-refractivity contribution in [3.05, 3.63) is 0 Å². The molecule has 0 unspecified atom stereocenters. The molecule has 0 bridgehead atoms.